The molecular weight excluding hydrogens is 272 g/mol. The molecule has 0 heterocycles. The maximum atomic E-state index is 11.7. The smallest absolute Gasteiger partial charge is 0.335 e. The molecule has 0 aliphatic heterocycles. The Bertz CT molecular complexity index is 476. The Hall–Kier alpha value is -2.08. The van der Waals surface area contributed by atoms with Crippen molar-refractivity contribution < 1.29 is 19.4 Å². The van der Waals surface area contributed by atoms with E-state index in [0.717, 1.165) is 12.0 Å². The van der Waals surface area contributed by atoms with Gasteiger partial charge in [-0.1, -0.05) is 19.1 Å². The fourth-order valence-electron chi connectivity index (χ4n) is 1.88. The number of rotatable bonds is 8. The van der Waals surface area contributed by atoms with Crippen LogP contribution in [-0.2, 0) is 11.2 Å². The van der Waals surface area contributed by atoms with Crippen molar-refractivity contribution in [2.24, 2.45) is 0 Å². The quantitative estimate of drug-likeness (QED) is 0.680. The van der Waals surface area contributed by atoms with E-state index in [2.05, 4.69) is 10.6 Å². The van der Waals surface area contributed by atoms with E-state index in [9.17, 15) is 9.59 Å². The molecule has 116 valence electrons. The first-order valence-electron chi connectivity index (χ1n) is 6.92. The molecule has 0 saturated carbocycles. The Morgan fingerprint density at radius 2 is 2.14 bits per heavy atom. The van der Waals surface area contributed by atoms with Gasteiger partial charge in [-0.25, -0.2) is 9.59 Å². The van der Waals surface area contributed by atoms with Crippen molar-refractivity contribution >= 4 is 12.0 Å². The Labute approximate surface area is 124 Å². The third-order valence-electron chi connectivity index (χ3n) is 3.07. The average molecular weight is 294 g/mol. The average Bonchev–Trinajstić information content (AvgIpc) is 2.47. The van der Waals surface area contributed by atoms with Crippen LogP contribution < -0.4 is 10.6 Å². The van der Waals surface area contributed by atoms with E-state index >= 15 is 0 Å². The number of methoxy groups -OCH3 is 1. The van der Waals surface area contributed by atoms with E-state index in [-0.39, 0.29) is 17.6 Å². The number of carbonyl (C=O) groups is 2. The summed E-state index contributed by atoms with van der Waals surface area (Å²) >= 11 is 0. The number of carboxylic acids is 1. The van der Waals surface area contributed by atoms with Gasteiger partial charge >= 0.3 is 12.0 Å². The molecule has 1 atom stereocenters. The normalized spacial score (nSPS) is 11.7. The summed E-state index contributed by atoms with van der Waals surface area (Å²) in [6, 6.07) is 6.44. The minimum atomic E-state index is -0.951. The Kier molecular flexibility index (Phi) is 7.25. The number of hydrogen-bond donors (Lipinski definition) is 3. The maximum absolute atomic E-state index is 11.7. The molecule has 2 amide bonds. The zero-order valence-corrected chi connectivity index (χ0v) is 12.4. The molecule has 1 rings (SSSR count). The van der Waals surface area contributed by atoms with E-state index in [0.29, 0.717) is 19.6 Å². The van der Waals surface area contributed by atoms with Gasteiger partial charge in [-0.3, -0.25) is 0 Å². The van der Waals surface area contributed by atoms with E-state index < -0.39 is 5.97 Å². The predicted molar refractivity (Wildman–Crippen MR) is 79.6 cm³/mol. The summed E-state index contributed by atoms with van der Waals surface area (Å²) in [7, 11) is 1.59. The summed E-state index contributed by atoms with van der Waals surface area (Å²) in [4.78, 5) is 22.5. The Morgan fingerprint density at radius 1 is 1.38 bits per heavy atom. The molecule has 0 aliphatic rings. The van der Waals surface area contributed by atoms with Crippen LogP contribution in [0.15, 0.2) is 24.3 Å². The molecule has 0 aromatic heterocycles. The minimum Gasteiger partial charge on any atom is -0.478 e. The molecular formula is C15H22N2O4. The van der Waals surface area contributed by atoms with Crippen molar-refractivity contribution in [3.05, 3.63) is 35.4 Å². The van der Waals surface area contributed by atoms with Gasteiger partial charge < -0.3 is 20.5 Å². The second-order valence-electron chi connectivity index (χ2n) is 4.72. The van der Waals surface area contributed by atoms with E-state index in [1.54, 1.807) is 25.3 Å². The van der Waals surface area contributed by atoms with Crippen LogP contribution in [0.25, 0.3) is 0 Å². The standard InChI is InChI=1S/C15H22N2O4/c1-3-13(10-21-2)17-15(20)16-8-7-11-5-4-6-12(9-11)14(18)19/h4-6,9,13H,3,7-8,10H2,1-2H3,(H,18,19)(H2,16,17,20). The zero-order chi connectivity index (χ0) is 15.7. The van der Waals surface area contributed by atoms with Gasteiger partial charge in [0.05, 0.1) is 18.2 Å². The molecule has 0 aliphatic carbocycles. The van der Waals surface area contributed by atoms with Gasteiger partial charge in [-0.2, -0.15) is 0 Å². The number of benzene rings is 1. The molecule has 6 nitrogen and oxygen atoms in total. The number of ether oxygens (including phenoxy) is 1. The number of amides is 2. The molecule has 0 radical (unpaired) electrons. The highest BCUT2D eigenvalue weighted by atomic mass is 16.5. The highest BCUT2D eigenvalue weighted by molar-refractivity contribution is 5.87. The van der Waals surface area contributed by atoms with Gasteiger partial charge in [-0.15, -0.1) is 0 Å². The van der Waals surface area contributed by atoms with Crippen molar-refractivity contribution in [2.75, 3.05) is 20.3 Å². The van der Waals surface area contributed by atoms with Gasteiger partial charge in [0.2, 0.25) is 0 Å². The van der Waals surface area contributed by atoms with Crippen molar-refractivity contribution in [1.29, 1.82) is 0 Å². The molecule has 0 fully saturated rings. The molecule has 21 heavy (non-hydrogen) atoms. The van der Waals surface area contributed by atoms with Crippen LogP contribution >= 0.6 is 0 Å². The number of hydrogen-bond acceptors (Lipinski definition) is 3. The first kappa shape index (κ1) is 17.0. The Balaban J connectivity index is 2.37. The second kappa shape index (κ2) is 8.97. The molecule has 1 aromatic rings. The van der Waals surface area contributed by atoms with Crippen LogP contribution in [0.2, 0.25) is 0 Å². The van der Waals surface area contributed by atoms with Crippen molar-refractivity contribution in [3.8, 4) is 0 Å². The first-order valence-corrected chi connectivity index (χ1v) is 6.92. The number of urea groups is 1. The lowest BCUT2D eigenvalue weighted by molar-refractivity contribution is 0.0696. The highest BCUT2D eigenvalue weighted by Gasteiger charge is 2.09. The molecule has 0 bridgehead atoms. The molecule has 3 N–H and O–H groups in total. The fourth-order valence-corrected chi connectivity index (χ4v) is 1.88. The third-order valence-corrected chi connectivity index (χ3v) is 3.07. The predicted octanol–water partition coefficient (Wildman–Crippen LogP) is 1.65. The van der Waals surface area contributed by atoms with Gasteiger partial charge in [0.15, 0.2) is 0 Å². The molecule has 1 aromatic carbocycles. The minimum absolute atomic E-state index is 0.00895. The lowest BCUT2D eigenvalue weighted by atomic mass is 10.1. The summed E-state index contributed by atoms with van der Waals surface area (Å²) in [5.74, 6) is -0.951. The zero-order valence-electron chi connectivity index (χ0n) is 12.4. The monoisotopic (exact) mass is 294 g/mol. The summed E-state index contributed by atoms with van der Waals surface area (Å²) in [6.07, 6.45) is 1.37. The molecule has 0 saturated heterocycles. The molecule has 6 heteroatoms. The lowest BCUT2D eigenvalue weighted by Crippen LogP contribution is -2.44. The lowest BCUT2D eigenvalue weighted by Gasteiger charge is -2.16. The van der Waals surface area contributed by atoms with Crippen LogP contribution in [0, 0.1) is 0 Å². The van der Waals surface area contributed by atoms with Crippen LogP contribution in [0.3, 0.4) is 0 Å². The first-order chi connectivity index (χ1) is 10.1. The van der Waals surface area contributed by atoms with Crippen molar-refractivity contribution in [3.63, 3.8) is 0 Å². The van der Waals surface area contributed by atoms with Crippen molar-refractivity contribution in [2.45, 2.75) is 25.8 Å². The largest absolute Gasteiger partial charge is 0.478 e. The molecule has 0 spiro atoms. The van der Waals surface area contributed by atoms with E-state index in [4.69, 9.17) is 9.84 Å². The van der Waals surface area contributed by atoms with E-state index in [1.165, 1.54) is 0 Å². The van der Waals surface area contributed by atoms with Crippen LogP contribution in [0.4, 0.5) is 4.79 Å². The van der Waals surface area contributed by atoms with Gasteiger partial charge in [0, 0.05) is 13.7 Å². The number of aromatic carboxylic acids is 1. The summed E-state index contributed by atoms with van der Waals surface area (Å²) in [5, 5.41) is 14.5. The number of carbonyl (C=O) groups excluding carboxylic acids is 1. The summed E-state index contributed by atoms with van der Waals surface area (Å²) < 4.78 is 5.01. The van der Waals surface area contributed by atoms with E-state index in [1.807, 2.05) is 13.0 Å². The summed E-state index contributed by atoms with van der Waals surface area (Å²) in [6.45, 7) is 2.89. The second-order valence-corrected chi connectivity index (χ2v) is 4.72. The molecule has 1 unspecified atom stereocenters. The highest BCUT2D eigenvalue weighted by Crippen LogP contribution is 2.05. The van der Waals surface area contributed by atoms with Crippen LogP contribution in [0.1, 0.15) is 29.3 Å². The fraction of sp³-hybridized carbons (Fsp3) is 0.467. The topological polar surface area (TPSA) is 87.7 Å². The Morgan fingerprint density at radius 3 is 2.76 bits per heavy atom. The van der Waals surface area contributed by atoms with Crippen LogP contribution in [-0.4, -0.2) is 43.4 Å². The van der Waals surface area contributed by atoms with Gasteiger partial charge in [0.1, 0.15) is 0 Å². The summed E-state index contributed by atoms with van der Waals surface area (Å²) in [5.41, 5.74) is 1.13. The van der Waals surface area contributed by atoms with Gasteiger partial charge in [0.25, 0.3) is 0 Å². The number of carboxylic acid groups (broad SMARTS) is 1. The number of nitrogens with one attached hydrogen (secondary N) is 2. The van der Waals surface area contributed by atoms with Crippen molar-refractivity contribution in [1.82, 2.24) is 10.6 Å². The van der Waals surface area contributed by atoms with Gasteiger partial charge in [-0.05, 0) is 30.5 Å². The SMILES string of the molecule is CCC(COC)NC(=O)NCCc1cccc(C(=O)O)c1. The third kappa shape index (κ3) is 6.27. The maximum Gasteiger partial charge on any atom is 0.335 e. The van der Waals surface area contributed by atoms with Crippen LogP contribution in [0.5, 0.6) is 0 Å².